The van der Waals surface area contributed by atoms with Crippen LogP contribution in [0.5, 0.6) is 0 Å². The van der Waals surface area contributed by atoms with Crippen molar-refractivity contribution in [1.29, 1.82) is 0 Å². The highest BCUT2D eigenvalue weighted by Gasteiger charge is 2.23. The number of fused-ring (bicyclic) bond motifs is 1. The highest BCUT2D eigenvalue weighted by molar-refractivity contribution is 5.79. The number of morpholine rings is 1. The maximum atomic E-state index is 12.7. The fourth-order valence-corrected chi connectivity index (χ4v) is 3.46. The Hall–Kier alpha value is -2.50. The first kappa shape index (κ1) is 16.0. The van der Waals surface area contributed by atoms with Crippen LogP contribution in [0, 0.1) is 0 Å². The van der Waals surface area contributed by atoms with Crippen molar-refractivity contribution in [2.45, 2.75) is 12.6 Å². The van der Waals surface area contributed by atoms with Gasteiger partial charge in [0.1, 0.15) is 0 Å². The molecule has 3 heterocycles. The van der Waals surface area contributed by atoms with Gasteiger partial charge in [-0.1, -0.05) is 24.3 Å². The molecule has 1 aliphatic heterocycles. The zero-order valence-electron chi connectivity index (χ0n) is 14.3. The SMILES string of the molecule is Cn1c(=O)c(CN2CCOC(c3cccnc3)C2)cc2ccccc21. The van der Waals surface area contributed by atoms with E-state index < -0.39 is 0 Å². The molecule has 0 N–H and O–H groups in total. The number of aromatic nitrogens is 2. The number of rotatable bonds is 3. The van der Waals surface area contributed by atoms with Crippen LogP contribution >= 0.6 is 0 Å². The lowest BCUT2D eigenvalue weighted by Crippen LogP contribution is -2.39. The van der Waals surface area contributed by atoms with E-state index in [1.54, 1.807) is 10.8 Å². The zero-order valence-corrected chi connectivity index (χ0v) is 14.3. The van der Waals surface area contributed by atoms with Crippen LogP contribution in [0.4, 0.5) is 0 Å². The summed E-state index contributed by atoms with van der Waals surface area (Å²) in [7, 11) is 1.84. The van der Waals surface area contributed by atoms with E-state index in [1.165, 1.54) is 0 Å². The summed E-state index contributed by atoms with van der Waals surface area (Å²) < 4.78 is 7.63. The van der Waals surface area contributed by atoms with E-state index in [0.29, 0.717) is 13.2 Å². The maximum absolute atomic E-state index is 12.7. The van der Waals surface area contributed by atoms with Crippen molar-refractivity contribution >= 4 is 10.9 Å². The Morgan fingerprint density at radius 2 is 2.12 bits per heavy atom. The van der Waals surface area contributed by atoms with E-state index in [9.17, 15) is 4.79 Å². The Labute approximate surface area is 146 Å². The summed E-state index contributed by atoms with van der Waals surface area (Å²) in [5.74, 6) is 0. The second-order valence-electron chi connectivity index (χ2n) is 6.47. The van der Waals surface area contributed by atoms with Crippen molar-refractivity contribution in [1.82, 2.24) is 14.5 Å². The van der Waals surface area contributed by atoms with Gasteiger partial charge in [0.05, 0.1) is 18.2 Å². The smallest absolute Gasteiger partial charge is 0.255 e. The average molecular weight is 335 g/mol. The number of para-hydroxylation sites is 1. The minimum Gasteiger partial charge on any atom is -0.371 e. The van der Waals surface area contributed by atoms with Gasteiger partial charge in [0.2, 0.25) is 0 Å². The van der Waals surface area contributed by atoms with Crippen molar-refractivity contribution in [2.75, 3.05) is 19.7 Å². The van der Waals surface area contributed by atoms with Gasteiger partial charge in [0.15, 0.2) is 0 Å². The molecule has 0 spiro atoms. The first-order valence-electron chi connectivity index (χ1n) is 8.54. The molecule has 1 fully saturated rings. The molecule has 1 aliphatic rings. The predicted molar refractivity (Wildman–Crippen MR) is 97.4 cm³/mol. The largest absolute Gasteiger partial charge is 0.371 e. The number of aryl methyl sites for hydroxylation is 1. The fourth-order valence-electron chi connectivity index (χ4n) is 3.46. The van der Waals surface area contributed by atoms with Crippen molar-refractivity contribution < 1.29 is 4.74 Å². The molecular weight excluding hydrogens is 314 g/mol. The van der Waals surface area contributed by atoms with E-state index >= 15 is 0 Å². The molecule has 0 bridgehead atoms. The normalized spacial score (nSPS) is 18.5. The van der Waals surface area contributed by atoms with Crippen molar-refractivity contribution in [3.63, 3.8) is 0 Å². The standard InChI is InChI=1S/C20H21N3O2/c1-22-18-7-3-2-5-15(18)11-17(20(22)24)13-23-9-10-25-19(14-23)16-6-4-8-21-12-16/h2-8,11-12,19H,9-10,13-14H2,1H3. The average Bonchev–Trinajstić information content (AvgIpc) is 2.67. The van der Waals surface area contributed by atoms with E-state index in [-0.39, 0.29) is 11.7 Å². The van der Waals surface area contributed by atoms with Crippen LogP contribution in [0.25, 0.3) is 10.9 Å². The van der Waals surface area contributed by atoms with Gasteiger partial charge < -0.3 is 9.30 Å². The zero-order chi connectivity index (χ0) is 17.2. The Morgan fingerprint density at radius 3 is 2.96 bits per heavy atom. The molecule has 0 radical (unpaired) electrons. The Kier molecular flexibility index (Phi) is 4.34. The summed E-state index contributed by atoms with van der Waals surface area (Å²) in [5, 5.41) is 1.09. The molecule has 0 saturated carbocycles. The van der Waals surface area contributed by atoms with Crippen LogP contribution in [-0.4, -0.2) is 34.1 Å². The molecule has 2 aromatic heterocycles. The summed E-state index contributed by atoms with van der Waals surface area (Å²) in [6.45, 7) is 2.89. The van der Waals surface area contributed by atoms with Gasteiger partial charge in [-0.2, -0.15) is 0 Å². The summed E-state index contributed by atoms with van der Waals surface area (Å²) >= 11 is 0. The summed E-state index contributed by atoms with van der Waals surface area (Å²) in [5.41, 5.74) is 2.95. The number of nitrogens with zero attached hydrogens (tertiary/aromatic N) is 3. The topological polar surface area (TPSA) is 47.4 Å². The highest BCUT2D eigenvalue weighted by Crippen LogP contribution is 2.22. The molecule has 1 saturated heterocycles. The number of hydrogen-bond donors (Lipinski definition) is 0. The minimum atomic E-state index is 0.00626. The molecule has 5 nitrogen and oxygen atoms in total. The third-order valence-corrected chi connectivity index (χ3v) is 4.81. The molecule has 0 amide bonds. The molecule has 5 heteroatoms. The monoisotopic (exact) mass is 335 g/mol. The van der Waals surface area contributed by atoms with Crippen LogP contribution in [0.2, 0.25) is 0 Å². The first-order chi connectivity index (χ1) is 12.2. The van der Waals surface area contributed by atoms with Gasteiger partial charge in [0.25, 0.3) is 5.56 Å². The second-order valence-corrected chi connectivity index (χ2v) is 6.47. The van der Waals surface area contributed by atoms with Crippen LogP contribution in [-0.2, 0) is 18.3 Å². The molecule has 1 aromatic carbocycles. The molecule has 1 unspecified atom stereocenters. The molecule has 1 atom stereocenters. The van der Waals surface area contributed by atoms with Crippen LogP contribution in [0.1, 0.15) is 17.2 Å². The molecule has 3 aromatic rings. The molecule has 0 aliphatic carbocycles. The third kappa shape index (κ3) is 3.21. The maximum Gasteiger partial charge on any atom is 0.255 e. The van der Waals surface area contributed by atoms with Gasteiger partial charge >= 0.3 is 0 Å². The lowest BCUT2D eigenvalue weighted by Gasteiger charge is -2.33. The van der Waals surface area contributed by atoms with Gasteiger partial charge in [-0.25, -0.2) is 0 Å². The fraction of sp³-hybridized carbons (Fsp3) is 0.300. The van der Waals surface area contributed by atoms with Crippen LogP contribution in [0.15, 0.2) is 59.7 Å². The minimum absolute atomic E-state index is 0.00626. The van der Waals surface area contributed by atoms with Crippen molar-refractivity contribution in [3.05, 3.63) is 76.3 Å². The lowest BCUT2D eigenvalue weighted by molar-refractivity contribution is -0.0332. The van der Waals surface area contributed by atoms with Crippen LogP contribution < -0.4 is 5.56 Å². The van der Waals surface area contributed by atoms with Gasteiger partial charge in [-0.3, -0.25) is 14.7 Å². The summed E-state index contributed by atoms with van der Waals surface area (Å²) in [6, 6.07) is 14.0. The van der Waals surface area contributed by atoms with E-state index in [1.807, 2.05) is 49.6 Å². The quantitative estimate of drug-likeness (QED) is 0.738. The highest BCUT2D eigenvalue weighted by atomic mass is 16.5. The third-order valence-electron chi connectivity index (χ3n) is 4.81. The lowest BCUT2D eigenvalue weighted by atomic mass is 10.1. The van der Waals surface area contributed by atoms with Crippen molar-refractivity contribution in [3.8, 4) is 0 Å². The first-order valence-corrected chi connectivity index (χ1v) is 8.54. The van der Waals surface area contributed by atoms with E-state index in [4.69, 9.17) is 4.74 Å². The van der Waals surface area contributed by atoms with Gasteiger partial charge in [-0.15, -0.1) is 0 Å². The van der Waals surface area contributed by atoms with Crippen LogP contribution in [0.3, 0.4) is 0 Å². The number of benzene rings is 1. The molecule has 128 valence electrons. The Balaban J connectivity index is 1.59. The van der Waals surface area contributed by atoms with Crippen molar-refractivity contribution in [2.24, 2.45) is 7.05 Å². The molecule has 25 heavy (non-hydrogen) atoms. The second kappa shape index (κ2) is 6.78. The Morgan fingerprint density at radius 1 is 1.24 bits per heavy atom. The summed E-state index contributed by atoms with van der Waals surface area (Å²) in [4.78, 5) is 19.2. The predicted octanol–water partition coefficient (Wildman–Crippen LogP) is 2.51. The number of pyridine rings is 2. The Bertz CT molecular complexity index is 937. The summed E-state index contributed by atoms with van der Waals surface area (Å²) in [6.07, 6.45) is 3.62. The van der Waals surface area contributed by atoms with E-state index in [0.717, 1.165) is 35.1 Å². The molecule has 4 rings (SSSR count). The number of hydrogen-bond acceptors (Lipinski definition) is 4. The van der Waals surface area contributed by atoms with Gasteiger partial charge in [-0.05, 0) is 23.6 Å². The van der Waals surface area contributed by atoms with Gasteiger partial charge in [0, 0.05) is 50.2 Å². The molecular formula is C20H21N3O2. The number of ether oxygens (including phenoxy) is 1. The van der Waals surface area contributed by atoms with E-state index in [2.05, 4.69) is 16.0 Å².